The van der Waals surface area contributed by atoms with Crippen LogP contribution in [0.15, 0.2) is 42.5 Å². The molecule has 0 unspecified atom stereocenters. The van der Waals surface area contributed by atoms with Crippen molar-refractivity contribution >= 4 is 10.9 Å². The highest BCUT2D eigenvalue weighted by Crippen LogP contribution is 2.42. The minimum atomic E-state index is 1.08. The van der Waals surface area contributed by atoms with E-state index in [1.165, 1.54) is 38.9 Å². The first-order chi connectivity index (χ1) is 9.29. The van der Waals surface area contributed by atoms with Crippen molar-refractivity contribution in [2.45, 2.75) is 19.8 Å². The summed E-state index contributed by atoms with van der Waals surface area (Å²) in [6.07, 6.45) is 2.18. The lowest BCUT2D eigenvalue weighted by molar-refractivity contribution is 0.977. The van der Waals surface area contributed by atoms with Crippen LogP contribution in [0.2, 0.25) is 0 Å². The van der Waals surface area contributed by atoms with Gasteiger partial charge in [-0.25, -0.2) is 0 Å². The van der Waals surface area contributed by atoms with E-state index in [1.54, 1.807) is 0 Å². The van der Waals surface area contributed by atoms with Gasteiger partial charge >= 0.3 is 0 Å². The molecule has 1 aliphatic rings. The monoisotopic (exact) mass is 247 g/mol. The molecule has 0 N–H and O–H groups in total. The average molecular weight is 247 g/mol. The molecule has 94 valence electrons. The van der Waals surface area contributed by atoms with Crippen LogP contribution in [0.1, 0.15) is 23.6 Å². The zero-order valence-corrected chi connectivity index (χ0v) is 11.4. The number of hydrogen-bond donors (Lipinski definition) is 0. The normalized spacial score (nSPS) is 12.7. The van der Waals surface area contributed by atoms with E-state index in [0.717, 1.165) is 12.8 Å². The predicted octanol–water partition coefficient (Wildman–Crippen LogP) is 4.31. The molecule has 1 heteroatoms. The van der Waals surface area contributed by atoms with Crippen molar-refractivity contribution in [2.24, 2.45) is 7.05 Å². The second-order valence-corrected chi connectivity index (χ2v) is 5.43. The minimum absolute atomic E-state index is 1.08. The lowest BCUT2D eigenvalue weighted by Crippen LogP contribution is -1.91. The molecule has 4 rings (SSSR count). The number of benzene rings is 2. The van der Waals surface area contributed by atoms with Gasteiger partial charge in [0.05, 0.1) is 5.69 Å². The van der Waals surface area contributed by atoms with E-state index in [-0.39, 0.29) is 0 Å². The molecule has 0 radical (unpaired) electrons. The van der Waals surface area contributed by atoms with Crippen molar-refractivity contribution in [3.63, 3.8) is 0 Å². The molecule has 0 fully saturated rings. The molecule has 1 aliphatic carbocycles. The number of aromatic nitrogens is 1. The number of aryl methyl sites for hydroxylation is 2. The fourth-order valence-electron chi connectivity index (χ4n) is 3.41. The summed E-state index contributed by atoms with van der Waals surface area (Å²) in [5.41, 5.74) is 8.59. The Bertz CT molecular complexity index is 793. The van der Waals surface area contributed by atoms with Crippen LogP contribution in [0, 0.1) is 0 Å². The highest BCUT2D eigenvalue weighted by Gasteiger charge is 2.24. The summed E-state index contributed by atoms with van der Waals surface area (Å²) >= 11 is 0. The van der Waals surface area contributed by atoms with Crippen LogP contribution in [0.25, 0.3) is 22.2 Å². The Hall–Kier alpha value is -2.02. The molecule has 1 nitrogen and oxygen atoms in total. The van der Waals surface area contributed by atoms with E-state index in [1.807, 2.05) is 0 Å². The Morgan fingerprint density at radius 1 is 1.11 bits per heavy atom. The SMILES string of the molecule is CCc1ccc2c(c1)c1c(n2C)-c2ccccc2C1. The van der Waals surface area contributed by atoms with Crippen molar-refractivity contribution in [3.8, 4) is 11.3 Å². The topological polar surface area (TPSA) is 4.93 Å². The maximum Gasteiger partial charge on any atom is 0.0527 e. The van der Waals surface area contributed by atoms with Gasteiger partial charge in [-0.15, -0.1) is 0 Å². The second kappa shape index (κ2) is 3.74. The summed E-state index contributed by atoms with van der Waals surface area (Å²) in [6.45, 7) is 2.22. The van der Waals surface area contributed by atoms with Gasteiger partial charge in [0.25, 0.3) is 0 Å². The van der Waals surface area contributed by atoms with E-state index >= 15 is 0 Å². The Morgan fingerprint density at radius 2 is 1.95 bits per heavy atom. The molecule has 0 saturated heterocycles. The minimum Gasteiger partial charge on any atom is -0.343 e. The Morgan fingerprint density at radius 3 is 2.79 bits per heavy atom. The Balaban J connectivity index is 2.09. The van der Waals surface area contributed by atoms with E-state index in [9.17, 15) is 0 Å². The van der Waals surface area contributed by atoms with Gasteiger partial charge < -0.3 is 4.57 Å². The van der Waals surface area contributed by atoms with Crippen molar-refractivity contribution in [1.29, 1.82) is 0 Å². The van der Waals surface area contributed by atoms with Gasteiger partial charge in [0, 0.05) is 29.9 Å². The molecular weight excluding hydrogens is 230 g/mol. The maximum atomic E-state index is 2.38. The lowest BCUT2D eigenvalue weighted by atomic mass is 10.1. The fourth-order valence-corrected chi connectivity index (χ4v) is 3.41. The van der Waals surface area contributed by atoms with Gasteiger partial charge in [-0.1, -0.05) is 37.3 Å². The number of nitrogens with zero attached hydrogens (tertiary/aromatic N) is 1. The molecule has 0 amide bonds. The largest absolute Gasteiger partial charge is 0.343 e. The van der Waals surface area contributed by atoms with E-state index < -0.39 is 0 Å². The van der Waals surface area contributed by atoms with Gasteiger partial charge in [0.15, 0.2) is 0 Å². The summed E-state index contributed by atoms with van der Waals surface area (Å²) in [6, 6.07) is 15.7. The van der Waals surface area contributed by atoms with Crippen LogP contribution in [0.4, 0.5) is 0 Å². The molecule has 1 heterocycles. The molecule has 3 aromatic rings. The van der Waals surface area contributed by atoms with Crippen LogP contribution < -0.4 is 0 Å². The third kappa shape index (κ3) is 1.36. The number of fused-ring (bicyclic) bond motifs is 5. The number of hydrogen-bond acceptors (Lipinski definition) is 0. The lowest BCUT2D eigenvalue weighted by Gasteiger charge is -2.05. The average Bonchev–Trinajstić information content (AvgIpc) is 2.96. The maximum absolute atomic E-state index is 2.38. The molecule has 2 aromatic carbocycles. The summed E-state index contributed by atoms with van der Waals surface area (Å²) in [4.78, 5) is 0. The first-order valence-electron chi connectivity index (χ1n) is 6.98. The van der Waals surface area contributed by atoms with Gasteiger partial charge in [0.2, 0.25) is 0 Å². The van der Waals surface area contributed by atoms with Crippen molar-refractivity contribution in [1.82, 2.24) is 4.57 Å². The highest BCUT2D eigenvalue weighted by molar-refractivity contribution is 5.95. The Labute approximate surface area is 113 Å². The molecule has 19 heavy (non-hydrogen) atoms. The van der Waals surface area contributed by atoms with Gasteiger partial charge in [-0.3, -0.25) is 0 Å². The van der Waals surface area contributed by atoms with E-state index in [4.69, 9.17) is 0 Å². The second-order valence-electron chi connectivity index (χ2n) is 5.43. The van der Waals surface area contributed by atoms with Crippen LogP contribution in [0.3, 0.4) is 0 Å². The number of rotatable bonds is 1. The van der Waals surface area contributed by atoms with Gasteiger partial charge in [-0.05, 0) is 35.2 Å². The smallest absolute Gasteiger partial charge is 0.0527 e. The van der Waals surface area contributed by atoms with Crippen molar-refractivity contribution < 1.29 is 0 Å². The summed E-state index contributed by atoms with van der Waals surface area (Å²) in [7, 11) is 2.19. The predicted molar refractivity (Wildman–Crippen MR) is 80.5 cm³/mol. The summed E-state index contributed by atoms with van der Waals surface area (Å²) in [5, 5.41) is 1.44. The first kappa shape index (κ1) is 10.9. The summed E-state index contributed by atoms with van der Waals surface area (Å²) in [5.74, 6) is 0. The van der Waals surface area contributed by atoms with E-state index in [2.05, 4.69) is 61.0 Å². The molecule has 0 spiro atoms. The van der Waals surface area contributed by atoms with E-state index in [0.29, 0.717) is 0 Å². The van der Waals surface area contributed by atoms with Crippen LogP contribution in [-0.2, 0) is 19.9 Å². The third-order valence-electron chi connectivity index (χ3n) is 4.42. The first-order valence-corrected chi connectivity index (χ1v) is 6.98. The quantitative estimate of drug-likeness (QED) is 0.472. The molecule has 0 saturated carbocycles. The zero-order chi connectivity index (χ0) is 13.0. The van der Waals surface area contributed by atoms with Crippen molar-refractivity contribution in [2.75, 3.05) is 0 Å². The van der Waals surface area contributed by atoms with Crippen LogP contribution in [0.5, 0.6) is 0 Å². The van der Waals surface area contributed by atoms with Gasteiger partial charge in [-0.2, -0.15) is 0 Å². The Kier molecular flexibility index (Phi) is 2.14. The molecule has 0 atom stereocenters. The standard InChI is InChI=1S/C18H17N/c1-3-12-8-9-17-15(10-12)16-11-13-6-4-5-7-14(13)18(16)19(17)2/h4-10H,3,11H2,1-2H3. The highest BCUT2D eigenvalue weighted by atomic mass is 15.0. The zero-order valence-electron chi connectivity index (χ0n) is 11.4. The van der Waals surface area contributed by atoms with Crippen molar-refractivity contribution in [3.05, 3.63) is 59.2 Å². The molecular formula is C18H17N. The fraction of sp³-hybridized carbons (Fsp3) is 0.222. The van der Waals surface area contributed by atoms with Crippen LogP contribution >= 0.6 is 0 Å². The summed E-state index contributed by atoms with van der Waals surface area (Å²) < 4.78 is 2.36. The molecule has 0 aliphatic heterocycles. The third-order valence-corrected chi connectivity index (χ3v) is 4.42. The van der Waals surface area contributed by atoms with Crippen LogP contribution in [-0.4, -0.2) is 4.57 Å². The molecule has 0 bridgehead atoms. The molecule has 1 aromatic heterocycles. The van der Waals surface area contributed by atoms with Gasteiger partial charge in [0.1, 0.15) is 0 Å².